The standard InChI is InChI=1S/C22H25Br2N5O2/c23-16-10-13(11-17(24)21(16)26)20(30)2-1-7-28-8-5-15(6-9-28)29-19-4-3-14(25)12-18(19)27-22(29)31/h3-4,10-12,15H,1-2,5-9,25-26H2,(H,27,31). The highest BCUT2D eigenvalue weighted by molar-refractivity contribution is 9.11. The van der Waals surface area contributed by atoms with E-state index in [0.717, 1.165) is 58.9 Å². The lowest BCUT2D eigenvalue weighted by molar-refractivity contribution is 0.0970. The van der Waals surface area contributed by atoms with Gasteiger partial charge in [0, 0.05) is 45.7 Å². The topological polar surface area (TPSA) is 110 Å². The van der Waals surface area contributed by atoms with Gasteiger partial charge in [0.1, 0.15) is 0 Å². The van der Waals surface area contributed by atoms with Crippen LogP contribution in [0.4, 0.5) is 11.4 Å². The van der Waals surface area contributed by atoms with Crippen LogP contribution in [0.2, 0.25) is 0 Å². The second-order valence-corrected chi connectivity index (χ2v) is 9.74. The molecule has 0 saturated carbocycles. The number of benzene rings is 2. The van der Waals surface area contributed by atoms with Gasteiger partial charge in [-0.05, 0) is 88.0 Å². The Hall–Kier alpha value is -2.10. The first kappa shape index (κ1) is 22.1. The number of likely N-dealkylation sites (tertiary alicyclic amines) is 1. The number of aromatic amines is 1. The number of nitrogens with one attached hydrogen (secondary N) is 1. The van der Waals surface area contributed by atoms with E-state index in [2.05, 4.69) is 41.7 Å². The van der Waals surface area contributed by atoms with Crippen molar-refractivity contribution in [2.75, 3.05) is 31.1 Å². The lowest BCUT2D eigenvalue weighted by Gasteiger charge is -2.32. The van der Waals surface area contributed by atoms with E-state index in [4.69, 9.17) is 11.5 Å². The second kappa shape index (κ2) is 9.18. The molecule has 1 aliphatic rings. The van der Waals surface area contributed by atoms with Gasteiger partial charge in [0.2, 0.25) is 0 Å². The van der Waals surface area contributed by atoms with E-state index >= 15 is 0 Å². The molecule has 0 aliphatic carbocycles. The molecule has 2 heterocycles. The summed E-state index contributed by atoms with van der Waals surface area (Å²) in [7, 11) is 0. The van der Waals surface area contributed by atoms with Crippen LogP contribution in [0.25, 0.3) is 11.0 Å². The van der Waals surface area contributed by atoms with E-state index in [1.807, 2.05) is 16.7 Å². The van der Waals surface area contributed by atoms with Gasteiger partial charge in [-0.25, -0.2) is 4.79 Å². The molecule has 0 atom stereocenters. The third-order valence-corrected chi connectivity index (χ3v) is 7.25. The molecule has 3 aromatic rings. The number of carbonyl (C=O) groups excluding carboxylic acids is 1. The Bertz CT molecular complexity index is 1160. The Morgan fingerprint density at radius 2 is 1.77 bits per heavy atom. The maximum Gasteiger partial charge on any atom is 0.326 e. The van der Waals surface area contributed by atoms with Crippen LogP contribution in [0.1, 0.15) is 42.1 Å². The van der Waals surface area contributed by atoms with Crippen molar-refractivity contribution in [3.05, 3.63) is 55.3 Å². The van der Waals surface area contributed by atoms with Crippen LogP contribution in [0.3, 0.4) is 0 Å². The lowest BCUT2D eigenvalue weighted by Crippen LogP contribution is -2.37. The largest absolute Gasteiger partial charge is 0.399 e. The monoisotopic (exact) mass is 549 g/mol. The Morgan fingerprint density at radius 3 is 2.45 bits per heavy atom. The summed E-state index contributed by atoms with van der Waals surface area (Å²) in [4.78, 5) is 30.3. The van der Waals surface area contributed by atoms with Gasteiger partial charge in [-0.3, -0.25) is 9.36 Å². The summed E-state index contributed by atoms with van der Waals surface area (Å²) in [5.74, 6) is 0.112. The Morgan fingerprint density at radius 1 is 1.10 bits per heavy atom. The van der Waals surface area contributed by atoms with Crippen molar-refractivity contribution < 1.29 is 4.79 Å². The summed E-state index contributed by atoms with van der Waals surface area (Å²) in [5.41, 5.74) is 15.2. The highest BCUT2D eigenvalue weighted by atomic mass is 79.9. The van der Waals surface area contributed by atoms with Crippen molar-refractivity contribution in [3.63, 3.8) is 0 Å². The Labute approximate surface area is 197 Å². The van der Waals surface area contributed by atoms with Gasteiger partial charge < -0.3 is 21.4 Å². The van der Waals surface area contributed by atoms with Gasteiger partial charge in [-0.1, -0.05) is 0 Å². The number of fused-ring (bicyclic) bond motifs is 1. The predicted octanol–water partition coefficient (Wildman–Crippen LogP) is 4.32. The highest BCUT2D eigenvalue weighted by Gasteiger charge is 2.23. The van der Waals surface area contributed by atoms with Gasteiger partial charge in [0.25, 0.3) is 0 Å². The zero-order valence-corrected chi connectivity index (χ0v) is 20.2. The third-order valence-electron chi connectivity index (χ3n) is 5.94. The van der Waals surface area contributed by atoms with Gasteiger partial charge in [-0.15, -0.1) is 0 Å². The average molecular weight is 551 g/mol. The van der Waals surface area contributed by atoms with E-state index in [9.17, 15) is 9.59 Å². The minimum Gasteiger partial charge on any atom is -0.399 e. The molecule has 1 aromatic heterocycles. The smallest absolute Gasteiger partial charge is 0.326 e. The van der Waals surface area contributed by atoms with Gasteiger partial charge in [0.05, 0.1) is 16.7 Å². The first-order chi connectivity index (χ1) is 14.8. The average Bonchev–Trinajstić information content (AvgIpc) is 3.06. The number of nitrogen functional groups attached to an aromatic ring is 2. The van der Waals surface area contributed by atoms with Crippen molar-refractivity contribution in [1.29, 1.82) is 0 Å². The number of rotatable bonds is 6. The number of aromatic nitrogens is 2. The van der Waals surface area contributed by atoms with Crippen LogP contribution in [-0.2, 0) is 0 Å². The zero-order chi connectivity index (χ0) is 22.1. The van der Waals surface area contributed by atoms with Gasteiger partial charge >= 0.3 is 5.69 Å². The molecule has 4 rings (SSSR count). The minimum atomic E-state index is -0.0783. The zero-order valence-electron chi connectivity index (χ0n) is 17.0. The second-order valence-electron chi connectivity index (χ2n) is 8.03. The summed E-state index contributed by atoms with van der Waals surface area (Å²) in [6.45, 7) is 2.69. The fraction of sp³-hybridized carbons (Fsp3) is 0.364. The molecule has 7 nitrogen and oxygen atoms in total. The molecule has 1 fully saturated rings. The minimum absolute atomic E-state index is 0.0783. The normalized spacial score (nSPS) is 15.5. The van der Waals surface area contributed by atoms with Crippen LogP contribution in [0, 0.1) is 0 Å². The first-order valence-electron chi connectivity index (χ1n) is 10.3. The molecule has 164 valence electrons. The van der Waals surface area contributed by atoms with Crippen molar-refractivity contribution in [2.24, 2.45) is 0 Å². The molecule has 2 aromatic carbocycles. The van der Waals surface area contributed by atoms with E-state index in [0.29, 0.717) is 23.4 Å². The number of hydrogen-bond acceptors (Lipinski definition) is 5. The molecule has 0 amide bonds. The lowest BCUT2D eigenvalue weighted by atomic mass is 10.0. The van der Waals surface area contributed by atoms with Crippen LogP contribution in [-0.4, -0.2) is 39.9 Å². The molecule has 0 unspecified atom stereocenters. The number of carbonyl (C=O) groups is 1. The number of anilines is 2. The summed E-state index contributed by atoms with van der Waals surface area (Å²) in [5, 5.41) is 0. The Balaban J connectivity index is 1.31. The number of piperidine rings is 1. The quantitative estimate of drug-likeness (QED) is 0.313. The number of hydrogen-bond donors (Lipinski definition) is 3. The summed E-state index contributed by atoms with van der Waals surface area (Å²) >= 11 is 6.79. The van der Waals surface area contributed by atoms with Crippen molar-refractivity contribution >= 4 is 60.1 Å². The van der Waals surface area contributed by atoms with E-state index in [1.165, 1.54) is 0 Å². The van der Waals surface area contributed by atoms with Crippen molar-refractivity contribution in [3.8, 4) is 0 Å². The molecule has 0 bridgehead atoms. The van der Waals surface area contributed by atoms with Crippen LogP contribution >= 0.6 is 31.9 Å². The molecule has 0 radical (unpaired) electrons. The fourth-order valence-corrected chi connectivity index (χ4v) is 5.45. The number of imidazole rings is 1. The number of ketones is 1. The maximum atomic E-state index is 12.5. The number of Topliss-reactive ketones (excluding diaryl/α,β-unsaturated/α-hetero) is 1. The summed E-state index contributed by atoms with van der Waals surface area (Å²) in [6.07, 6.45) is 3.10. The molecule has 1 saturated heterocycles. The molecule has 0 spiro atoms. The number of nitrogens with two attached hydrogens (primary N) is 2. The summed E-state index contributed by atoms with van der Waals surface area (Å²) < 4.78 is 3.32. The number of halogens is 2. The number of H-pyrrole nitrogens is 1. The fourth-order valence-electron chi connectivity index (χ4n) is 4.27. The van der Waals surface area contributed by atoms with Gasteiger partial charge in [-0.2, -0.15) is 0 Å². The van der Waals surface area contributed by atoms with Crippen LogP contribution < -0.4 is 17.2 Å². The van der Waals surface area contributed by atoms with Crippen molar-refractivity contribution in [1.82, 2.24) is 14.5 Å². The molecule has 9 heteroatoms. The third kappa shape index (κ3) is 4.73. The van der Waals surface area contributed by atoms with E-state index in [-0.39, 0.29) is 17.5 Å². The maximum absolute atomic E-state index is 12.5. The highest BCUT2D eigenvalue weighted by Crippen LogP contribution is 2.30. The van der Waals surface area contributed by atoms with Crippen LogP contribution in [0.5, 0.6) is 0 Å². The van der Waals surface area contributed by atoms with E-state index < -0.39 is 0 Å². The summed E-state index contributed by atoms with van der Waals surface area (Å²) in [6, 6.07) is 9.27. The SMILES string of the molecule is Nc1ccc2c(c1)[nH]c(=O)n2C1CCN(CCCC(=O)c2cc(Br)c(N)c(Br)c2)CC1. The molecule has 5 N–H and O–H groups in total. The van der Waals surface area contributed by atoms with Crippen molar-refractivity contribution in [2.45, 2.75) is 31.7 Å². The molecule has 31 heavy (non-hydrogen) atoms. The van der Waals surface area contributed by atoms with Crippen LogP contribution in [0.15, 0.2) is 44.1 Å². The van der Waals surface area contributed by atoms with E-state index in [1.54, 1.807) is 18.2 Å². The molecule has 1 aliphatic heterocycles. The predicted molar refractivity (Wildman–Crippen MR) is 132 cm³/mol. The first-order valence-corrected chi connectivity index (χ1v) is 11.9. The van der Waals surface area contributed by atoms with Gasteiger partial charge in [0.15, 0.2) is 5.78 Å². The number of nitrogens with zero attached hydrogens (tertiary/aromatic N) is 2. The Kier molecular flexibility index (Phi) is 6.55. The molecular formula is C22H25Br2N5O2. The molecular weight excluding hydrogens is 526 g/mol.